The van der Waals surface area contributed by atoms with Crippen LogP contribution in [0.4, 0.5) is 10.1 Å². The van der Waals surface area contributed by atoms with Crippen molar-refractivity contribution in [3.63, 3.8) is 0 Å². The maximum atomic E-state index is 13.3. The molecular formula is C22H24FN3O4S. The number of halogens is 1. The lowest BCUT2D eigenvalue weighted by Crippen LogP contribution is -2.34. The Kier molecular flexibility index (Phi) is 6.77. The molecule has 1 heterocycles. The molecule has 0 saturated carbocycles. The number of rotatable bonds is 8. The van der Waals surface area contributed by atoms with E-state index in [2.05, 4.69) is 10.0 Å². The van der Waals surface area contributed by atoms with Crippen LogP contribution in [0.3, 0.4) is 0 Å². The fourth-order valence-electron chi connectivity index (χ4n) is 3.12. The van der Waals surface area contributed by atoms with Crippen LogP contribution in [0, 0.1) is 12.7 Å². The summed E-state index contributed by atoms with van der Waals surface area (Å²) in [7, 11) is -0.0992. The van der Waals surface area contributed by atoms with Gasteiger partial charge in [0.15, 0.2) is 0 Å². The molecule has 0 aliphatic heterocycles. The maximum absolute atomic E-state index is 13.3. The van der Waals surface area contributed by atoms with Gasteiger partial charge in [-0.1, -0.05) is 0 Å². The number of furan rings is 1. The van der Waals surface area contributed by atoms with Crippen molar-refractivity contribution in [2.24, 2.45) is 0 Å². The highest BCUT2D eigenvalue weighted by Gasteiger charge is 2.19. The number of sulfonamides is 1. The van der Waals surface area contributed by atoms with Crippen LogP contribution in [-0.4, -0.2) is 39.9 Å². The molecule has 2 aromatic carbocycles. The second-order valence-electron chi connectivity index (χ2n) is 7.30. The van der Waals surface area contributed by atoms with E-state index in [0.29, 0.717) is 23.4 Å². The minimum atomic E-state index is -3.88. The van der Waals surface area contributed by atoms with Crippen molar-refractivity contribution < 1.29 is 22.0 Å². The fourth-order valence-corrected chi connectivity index (χ4v) is 4.41. The van der Waals surface area contributed by atoms with E-state index in [1.807, 2.05) is 25.1 Å². The van der Waals surface area contributed by atoms with Crippen molar-refractivity contribution in [3.8, 4) is 0 Å². The van der Waals surface area contributed by atoms with Gasteiger partial charge in [-0.3, -0.25) is 14.4 Å². The summed E-state index contributed by atoms with van der Waals surface area (Å²) in [6, 6.07) is 13.1. The van der Waals surface area contributed by atoms with Crippen LogP contribution in [0.1, 0.15) is 27.7 Å². The van der Waals surface area contributed by atoms with Gasteiger partial charge >= 0.3 is 0 Å². The van der Waals surface area contributed by atoms with E-state index in [1.54, 1.807) is 12.3 Å². The number of anilines is 1. The third kappa shape index (κ3) is 5.50. The molecule has 2 N–H and O–H groups in total. The summed E-state index contributed by atoms with van der Waals surface area (Å²) in [5.74, 6) is -0.0521. The Morgan fingerprint density at radius 3 is 2.42 bits per heavy atom. The van der Waals surface area contributed by atoms with Crippen molar-refractivity contribution >= 4 is 21.6 Å². The van der Waals surface area contributed by atoms with Gasteiger partial charge in [0.2, 0.25) is 0 Å². The quantitative estimate of drug-likeness (QED) is 0.553. The Balaban J connectivity index is 1.66. The summed E-state index contributed by atoms with van der Waals surface area (Å²) in [5.41, 5.74) is 0.982. The summed E-state index contributed by atoms with van der Waals surface area (Å²) in [6.45, 7) is 1.87. The zero-order chi connectivity index (χ0) is 22.6. The third-order valence-corrected chi connectivity index (χ3v) is 6.32. The average molecular weight is 446 g/mol. The minimum absolute atomic E-state index is 0.0108. The zero-order valence-electron chi connectivity index (χ0n) is 17.4. The SMILES string of the molecule is Cc1cc(F)ccc1S(=O)(=O)Nc1ccc(C(=O)NC[C@H](c2ccco2)N(C)C)cc1. The molecule has 0 bridgehead atoms. The lowest BCUT2D eigenvalue weighted by molar-refractivity contribution is 0.0939. The topological polar surface area (TPSA) is 91.6 Å². The molecule has 1 amide bonds. The van der Waals surface area contributed by atoms with Crippen LogP contribution in [0.15, 0.2) is 70.2 Å². The Bertz CT molecular complexity index is 1140. The van der Waals surface area contributed by atoms with Crippen molar-refractivity contribution in [1.29, 1.82) is 0 Å². The predicted octanol–water partition coefficient (Wildman–Crippen LogP) is 3.56. The first kappa shape index (κ1) is 22.5. The number of aryl methyl sites for hydroxylation is 1. The van der Waals surface area contributed by atoms with E-state index in [0.717, 1.165) is 17.9 Å². The van der Waals surface area contributed by atoms with Gasteiger partial charge in [0.05, 0.1) is 17.2 Å². The number of carbonyl (C=O) groups is 1. The Morgan fingerprint density at radius 2 is 1.84 bits per heavy atom. The van der Waals surface area contributed by atoms with Crippen LogP contribution in [0.25, 0.3) is 0 Å². The predicted molar refractivity (Wildman–Crippen MR) is 116 cm³/mol. The molecule has 0 radical (unpaired) electrons. The average Bonchev–Trinajstić information content (AvgIpc) is 3.22. The number of hydrogen-bond acceptors (Lipinski definition) is 5. The molecule has 0 saturated heterocycles. The van der Waals surface area contributed by atoms with Gasteiger partial charge in [-0.25, -0.2) is 12.8 Å². The number of hydrogen-bond donors (Lipinski definition) is 2. The molecule has 3 rings (SSSR count). The maximum Gasteiger partial charge on any atom is 0.262 e. The molecule has 0 spiro atoms. The van der Waals surface area contributed by atoms with Crippen LogP contribution in [-0.2, 0) is 10.0 Å². The second-order valence-corrected chi connectivity index (χ2v) is 8.95. The summed E-state index contributed by atoms with van der Waals surface area (Å²) < 4.78 is 46.3. The van der Waals surface area contributed by atoms with Crippen molar-refractivity contribution in [1.82, 2.24) is 10.2 Å². The van der Waals surface area contributed by atoms with Gasteiger partial charge in [0.25, 0.3) is 15.9 Å². The summed E-state index contributed by atoms with van der Waals surface area (Å²) >= 11 is 0. The molecular weight excluding hydrogens is 421 g/mol. The molecule has 0 aliphatic carbocycles. The van der Waals surface area contributed by atoms with E-state index in [-0.39, 0.29) is 16.8 Å². The smallest absolute Gasteiger partial charge is 0.262 e. The van der Waals surface area contributed by atoms with Crippen LogP contribution >= 0.6 is 0 Å². The van der Waals surface area contributed by atoms with Crippen molar-refractivity contribution in [2.75, 3.05) is 25.4 Å². The molecule has 1 atom stereocenters. The lowest BCUT2D eigenvalue weighted by atomic mass is 10.1. The Morgan fingerprint density at radius 1 is 1.13 bits per heavy atom. The first-order valence-electron chi connectivity index (χ1n) is 9.54. The molecule has 3 aromatic rings. The van der Waals surface area contributed by atoms with Gasteiger partial charge < -0.3 is 9.73 Å². The molecule has 0 unspecified atom stereocenters. The summed E-state index contributed by atoms with van der Waals surface area (Å²) in [6.07, 6.45) is 1.58. The highest BCUT2D eigenvalue weighted by molar-refractivity contribution is 7.92. The largest absolute Gasteiger partial charge is 0.468 e. The lowest BCUT2D eigenvalue weighted by Gasteiger charge is -2.22. The van der Waals surface area contributed by atoms with E-state index in [9.17, 15) is 17.6 Å². The zero-order valence-corrected chi connectivity index (χ0v) is 18.2. The highest BCUT2D eigenvalue weighted by atomic mass is 32.2. The van der Waals surface area contributed by atoms with E-state index in [4.69, 9.17) is 4.42 Å². The molecule has 7 nitrogen and oxygen atoms in total. The number of carbonyl (C=O) groups excluding carboxylic acids is 1. The third-order valence-electron chi connectivity index (χ3n) is 4.78. The van der Waals surface area contributed by atoms with Gasteiger partial charge in [-0.05, 0) is 81.2 Å². The number of benzene rings is 2. The van der Waals surface area contributed by atoms with Gasteiger partial charge in [0, 0.05) is 17.8 Å². The van der Waals surface area contributed by atoms with Crippen molar-refractivity contribution in [2.45, 2.75) is 17.9 Å². The molecule has 31 heavy (non-hydrogen) atoms. The molecule has 0 fully saturated rings. The second kappa shape index (κ2) is 9.32. The molecule has 1 aromatic heterocycles. The van der Waals surface area contributed by atoms with E-state index < -0.39 is 15.8 Å². The number of nitrogens with zero attached hydrogens (tertiary/aromatic N) is 1. The number of nitrogens with one attached hydrogen (secondary N) is 2. The Labute approximate surface area is 180 Å². The number of amides is 1. The first-order valence-corrected chi connectivity index (χ1v) is 11.0. The van der Waals surface area contributed by atoms with Gasteiger partial charge in [-0.2, -0.15) is 0 Å². The normalized spacial score (nSPS) is 12.5. The number of likely N-dealkylation sites (N-methyl/N-ethyl adjacent to an activating group) is 1. The monoisotopic (exact) mass is 445 g/mol. The molecule has 9 heteroatoms. The van der Waals surface area contributed by atoms with E-state index >= 15 is 0 Å². The minimum Gasteiger partial charge on any atom is -0.468 e. The first-order chi connectivity index (χ1) is 14.7. The van der Waals surface area contributed by atoms with Crippen molar-refractivity contribution in [3.05, 3.63) is 83.6 Å². The van der Waals surface area contributed by atoms with Crippen LogP contribution in [0.2, 0.25) is 0 Å². The molecule has 0 aliphatic rings. The molecule has 164 valence electrons. The fraction of sp³-hybridized carbons (Fsp3) is 0.227. The van der Waals surface area contributed by atoms with Crippen LogP contribution in [0.5, 0.6) is 0 Å². The Hall–Kier alpha value is -3.17. The summed E-state index contributed by atoms with van der Waals surface area (Å²) in [5, 5.41) is 2.86. The standard InChI is InChI=1S/C22H24FN3O4S/c1-15-13-17(23)8-11-21(15)31(28,29)25-18-9-6-16(7-10-18)22(27)24-14-19(26(2)3)20-5-4-12-30-20/h4-13,19,25H,14H2,1-3H3,(H,24,27)/t19-/m1/s1. The van der Waals surface area contributed by atoms with Gasteiger partial charge in [-0.15, -0.1) is 0 Å². The van der Waals surface area contributed by atoms with E-state index in [1.165, 1.54) is 37.3 Å². The summed E-state index contributed by atoms with van der Waals surface area (Å²) in [4.78, 5) is 14.4. The highest BCUT2D eigenvalue weighted by Crippen LogP contribution is 2.21. The van der Waals surface area contributed by atoms with Crippen LogP contribution < -0.4 is 10.0 Å². The van der Waals surface area contributed by atoms with Gasteiger partial charge in [0.1, 0.15) is 11.6 Å².